The third kappa shape index (κ3) is 4.70. The van der Waals surface area contributed by atoms with Gasteiger partial charge in [-0.3, -0.25) is 9.78 Å². The lowest BCUT2D eigenvalue weighted by molar-refractivity contribution is 0.102. The summed E-state index contributed by atoms with van der Waals surface area (Å²) in [4.78, 5) is 29.5. The normalized spacial score (nSPS) is 9.96. The van der Waals surface area contributed by atoms with Crippen molar-refractivity contribution in [3.05, 3.63) is 53.9 Å². The molecule has 2 N–H and O–H groups in total. The third-order valence-corrected chi connectivity index (χ3v) is 3.32. The Hall–Kier alpha value is -3.09. The Morgan fingerprint density at radius 1 is 1.17 bits per heavy atom. The predicted octanol–water partition coefficient (Wildman–Crippen LogP) is 2.26. The van der Waals surface area contributed by atoms with E-state index < -0.39 is 6.09 Å². The summed E-state index contributed by atoms with van der Waals surface area (Å²) in [6.07, 6.45) is 0.978. The summed E-state index contributed by atoms with van der Waals surface area (Å²) < 4.78 is 4.49. The molecule has 0 saturated heterocycles. The molecule has 1 heterocycles. The SMILES string of the molecule is COC(=O)NCc1cc(C(=O)Nc2ccc(N(C)C)cc2)ccn1. The van der Waals surface area contributed by atoms with Gasteiger partial charge in [-0.25, -0.2) is 4.79 Å². The number of rotatable bonds is 5. The molecule has 1 aromatic heterocycles. The molecule has 0 atom stereocenters. The number of alkyl carbamates (subject to hydrolysis) is 1. The zero-order chi connectivity index (χ0) is 17.5. The first kappa shape index (κ1) is 17.3. The second-order valence-corrected chi connectivity index (χ2v) is 5.28. The number of carbonyl (C=O) groups excluding carboxylic acids is 2. The molecule has 0 aliphatic heterocycles. The average molecular weight is 328 g/mol. The standard InChI is InChI=1S/C17H20N4O3/c1-21(2)15-6-4-13(5-7-15)20-16(22)12-8-9-18-14(10-12)11-19-17(23)24-3/h4-10H,11H2,1-3H3,(H,19,23)(H,20,22). The van der Waals surface area contributed by atoms with Gasteiger partial charge < -0.3 is 20.3 Å². The molecule has 7 heteroatoms. The number of ether oxygens (including phenoxy) is 1. The molecular weight excluding hydrogens is 308 g/mol. The van der Waals surface area contributed by atoms with E-state index in [0.29, 0.717) is 16.9 Å². The van der Waals surface area contributed by atoms with E-state index >= 15 is 0 Å². The van der Waals surface area contributed by atoms with Crippen molar-refractivity contribution in [2.45, 2.75) is 6.54 Å². The highest BCUT2D eigenvalue weighted by atomic mass is 16.5. The summed E-state index contributed by atoms with van der Waals surface area (Å²) in [5, 5.41) is 5.35. The summed E-state index contributed by atoms with van der Waals surface area (Å²) in [6, 6.07) is 10.8. The molecule has 2 amide bonds. The molecule has 2 rings (SSSR count). The van der Waals surface area contributed by atoms with E-state index in [2.05, 4.69) is 20.4 Å². The number of carbonyl (C=O) groups is 2. The largest absolute Gasteiger partial charge is 0.453 e. The highest BCUT2D eigenvalue weighted by Gasteiger charge is 2.08. The Balaban J connectivity index is 2.02. The van der Waals surface area contributed by atoms with E-state index in [9.17, 15) is 9.59 Å². The molecule has 0 aliphatic carbocycles. The van der Waals surface area contributed by atoms with Gasteiger partial charge in [-0.2, -0.15) is 0 Å². The molecule has 0 aliphatic rings. The van der Waals surface area contributed by atoms with Crippen LogP contribution in [0.15, 0.2) is 42.6 Å². The summed E-state index contributed by atoms with van der Waals surface area (Å²) in [5.74, 6) is -0.241. The molecule has 1 aromatic carbocycles. The lowest BCUT2D eigenvalue weighted by atomic mass is 10.2. The van der Waals surface area contributed by atoms with Crippen molar-refractivity contribution < 1.29 is 14.3 Å². The second kappa shape index (κ2) is 7.96. The monoisotopic (exact) mass is 328 g/mol. The smallest absolute Gasteiger partial charge is 0.407 e. The molecule has 0 unspecified atom stereocenters. The zero-order valence-corrected chi connectivity index (χ0v) is 13.9. The van der Waals surface area contributed by atoms with Crippen LogP contribution in [0.4, 0.5) is 16.2 Å². The topological polar surface area (TPSA) is 83.6 Å². The Morgan fingerprint density at radius 2 is 1.88 bits per heavy atom. The predicted molar refractivity (Wildman–Crippen MR) is 92.2 cm³/mol. The maximum Gasteiger partial charge on any atom is 0.407 e. The van der Waals surface area contributed by atoms with Crippen LogP contribution in [0.2, 0.25) is 0 Å². The molecule has 7 nitrogen and oxygen atoms in total. The van der Waals surface area contributed by atoms with E-state index in [1.54, 1.807) is 12.1 Å². The Bertz CT molecular complexity index is 714. The fourth-order valence-corrected chi connectivity index (χ4v) is 2.00. The number of methoxy groups -OCH3 is 1. The van der Waals surface area contributed by atoms with Gasteiger partial charge in [-0.15, -0.1) is 0 Å². The Labute approximate surface area is 140 Å². The molecule has 126 valence electrons. The maximum atomic E-state index is 12.3. The summed E-state index contributed by atoms with van der Waals surface area (Å²) >= 11 is 0. The number of anilines is 2. The van der Waals surface area contributed by atoms with Crippen molar-refractivity contribution >= 4 is 23.4 Å². The van der Waals surface area contributed by atoms with Gasteiger partial charge in [-0.05, 0) is 36.4 Å². The molecule has 0 fully saturated rings. The van der Waals surface area contributed by atoms with Gasteiger partial charge in [0.2, 0.25) is 0 Å². The van der Waals surface area contributed by atoms with Crippen molar-refractivity contribution in [2.75, 3.05) is 31.4 Å². The van der Waals surface area contributed by atoms with Gasteiger partial charge in [0.05, 0.1) is 19.3 Å². The average Bonchev–Trinajstić information content (AvgIpc) is 2.60. The highest BCUT2D eigenvalue weighted by Crippen LogP contribution is 2.16. The highest BCUT2D eigenvalue weighted by molar-refractivity contribution is 6.04. The first-order chi connectivity index (χ1) is 11.5. The van der Waals surface area contributed by atoms with E-state index in [4.69, 9.17) is 0 Å². The number of nitrogens with zero attached hydrogens (tertiary/aromatic N) is 2. The Morgan fingerprint density at radius 3 is 2.50 bits per heavy atom. The number of benzene rings is 1. The van der Waals surface area contributed by atoms with Crippen molar-refractivity contribution in [1.29, 1.82) is 0 Å². The van der Waals surface area contributed by atoms with E-state index in [1.165, 1.54) is 13.3 Å². The van der Waals surface area contributed by atoms with Crippen LogP contribution in [0.1, 0.15) is 16.1 Å². The third-order valence-electron chi connectivity index (χ3n) is 3.32. The van der Waals surface area contributed by atoms with Gasteiger partial charge in [0.1, 0.15) is 0 Å². The van der Waals surface area contributed by atoms with Crippen molar-refractivity contribution in [3.8, 4) is 0 Å². The lowest BCUT2D eigenvalue weighted by Gasteiger charge is -2.13. The van der Waals surface area contributed by atoms with Gasteiger partial charge in [0.15, 0.2) is 0 Å². The summed E-state index contributed by atoms with van der Waals surface area (Å²) in [6.45, 7) is 0.186. The zero-order valence-electron chi connectivity index (χ0n) is 13.9. The van der Waals surface area contributed by atoms with Crippen LogP contribution in [0.5, 0.6) is 0 Å². The summed E-state index contributed by atoms with van der Waals surface area (Å²) in [5.41, 5.74) is 2.78. The molecule has 0 saturated carbocycles. The van der Waals surface area contributed by atoms with Crippen LogP contribution in [-0.2, 0) is 11.3 Å². The van der Waals surface area contributed by atoms with E-state index in [-0.39, 0.29) is 12.5 Å². The fourth-order valence-electron chi connectivity index (χ4n) is 2.00. The molecule has 0 bridgehead atoms. The van der Waals surface area contributed by atoms with Crippen LogP contribution < -0.4 is 15.5 Å². The van der Waals surface area contributed by atoms with Gasteiger partial charge >= 0.3 is 6.09 Å². The minimum atomic E-state index is -0.548. The van der Waals surface area contributed by atoms with Crippen molar-refractivity contribution in [1.82, 2.24) is 10.3 Å². The molecule has 0 spiro atoms. The van der Waals surface area contributed by atoms with Gasteiger partial charge in [0.25, 0.3) is 5.91 Å². The van der Waals surface area contributed by atoms with Crippen LogP contribution in [-0.4, -0.2) is 38.2 Å². The Kier molecular flexibility index (Phi) is 5.73. The van der Waals surface area contributed by atoms with Crippen molar-refractivity contribution in [3.63, 3.8) is 0 Å². The first-order valence-electron chi connectivity index (χ1n) is 7.35. The number of amides is 2. The van der Waals surface area contributed by atoms with Crippen LogP contribution >= 0.6 is 0 Å². The summed E-state index contributed by atoms with van der Waals surface area (Å²) in [7, 11) is 5.19. The lowest BCUT2D eigenvalue weighted by Crippen LogP contribution is -2.23. The van der Waals surface area contributed by atoms with Crippen molar-refractivity contribution in [2.24, 2.45) is 0 Å². The van der Waals surface area contributed by atoms with E-state index in [0.717, 1.165) is 5.69 Å². The number of hydrogen-bond donors (Lipinski definition) is 2. The molecule has 2 aromatic rings. The van der Waals surface area contributed by atoms with Crippen LogP contribution in [0.3, 0.4) is 0 Å². The minimum Gasteiger partial charge on any atom is -0.453 e. The van der Waals surface area contributed by atoms with Gasteiger partial charge in [0, 0.05) is 37.2 Å². The molecular formula is C17H20N4O3. The van der Waals surface area contributed by atoms with Crippen LogP contribution in [0, 0.1) is 0 Å². The molecule has 24 heavy (non-hydrogen) atoms. The first-order valence-corrected chi connectivity index (χ1v) is 7.35. The van der Waals surface area contributed by atoms with Crippen LogP contribution in [0.25, 0.3) is 0 Å². The quantitative estimate of drug-likeness (QED) is 0.879. The number of hydrogen-bond acceptors (Lipinski definition) is 5. The minimum absolute atomic E-state index is 0.186. The number of nitrogens with one attached hydrogen (secondary N) is 2. The maximum absolute atomic E-state index is 12.3. The number of pyridine rings is 1. The molecule has 0 radical (unpaired) electrons. The second-order valence-electron chi connectivity index (χ2n) is 5.28. The van der Waals surface area contributed by atoms with Gasteiger partial charge in [-0.1, -0.05) is 0 Å². The number of aromatic nitrogens is 1. The van der Waals surface area contributed by atoms with E-state index in [1.807, 2.05) is 43.3 Å². The fraction of sp³-hybridized carbons (Fsp3) is 0.235.